The smallest absolute Gasteiger partial charge is 0.165 e. The third-order valence-corrected chi connectivity index (χ3v) is 6.17. The largest absolute Gasteiger partial charge is 0.507 e. The van der Waals surface area contributed by atoms with Crippen LogP contribution in [0.15, 0.2) is 48.5 Å². The molecule has 1 heterocycles. The number of hydrogen-bond donors (Lipinski definition) is 1. The zero-order valence-electron chi connectivity index (χ0n) is 18.6. The van der Waals surface area contributed by atoms with Gasteiger partial charge >= 0.3 is 0 Å². The van der Waals surface area contributed by atoms with Crippen molar-refractivity contribution < 1.29 is 19.3 Å². The van der Waals surface area contributed by atoms with E-state index in [4.69, 9.17) is 14.2 Å². The molecule has 4 rings (SSSR count). The zero-order chi connectivity index (χ0) is 22.0. The number of benzene rings is 3. The van der Waals surface area contributed by atoms with Gasteiger partial charge in [0.25, 0.3) is 0 Å². The first-order valence-electron chi connectivity index (χ1n) is 10.5. The number of hydrogen-bond acceptors (Lipinski definition) is 6. The highest BCUT2D eigenvalue weighted by Crippen LogP contribution is 2.45. The number of ether oxygens (including phenoxy) is 3. The topological polar surface area (TPSA) is 54.4 Å². The van der Waals surface area contributed by atoms with Gasteiger partial charge in [0.15, 0.2) is 11.5 Å². The highest BCUT2D eigenvalue weighted by Gasteiger charge is 2.31. The van der Waals surface area contributed by atoms with E-state index < -0.39 is 0 Å². The van der Waals surface area contributed by atoms with Crippen LogP contribution in [0.4, 0.5) is 0 Å². The number of para-hydroxylation sites is 1. The Balaban J connectivity index is 1.91. The van der Waals surface area contributed by atoms with Crippen LogP contribution < -0.4 is 14.2 Å². The van der Waals surface area contributed by atoms with E-state index in [1.54, 1.807) is 21.3 Å². The van der Waals surface area contributed by atoms with E-state index in [0.29, 0.717) is 11.5 Å². The lowest BCUT2D eigenvalue weighted by molar-refractivity contribution is 0.124. The second kappa shape index (κ2) is 9.04. The SMILES string of the molecule is COc1cccc([C@@H](c2ccc3c(OC)cccc3c2O)N2CCN(C)CC2)c1OC. The fourth-order valence-corrected chi connectivity index (χ4v) is 4.50. The molecule has 1 saturated heterocycles. The van der Waals surface area contributed by atoms with Crippen molar-refractivity contribution in [1.82, 2.24) is 9.80 Å². The van der Waals surface area contributed by atoms with Crippen molar-refractivity contribution in [3.05, 3.63) is 59.7 Å². The van der Waals surface area contributed by atoms with Crippen molar-refractivity contribution in [2.24, 2.45) is 0 Å². The summed E-state index contributed by atoms with van der Waals surface area (Å²) in [5.74, 6) is 2.39. The Morgan fingerprint density at radius 2 is 1.42 bits per heavy atom. The molecule has 1 atom stereocenters. The number of rotatable bonds is 6. The maximum Gasteiger partial charge on any atom is 0.165 e. The predicted octanol–water partition coefficient (Wildman–Crippen LogP) is 3.91. The number of aromatic hydroxyl groups is 1. The van der Waals surface area contributed by atoms with Gasteiger partial charge in [-0.05, 0) is 19.2 Å². The van der Waals surface area contributed by atoms with Gasteiger partial charge in [-0.15, -0.1) is 0 Å². The van der Waals surface area contributed by atoms with Crippen molar-refractivity contribution in [3.8, 4) is 23.0 Å². The Morgan fingerprint density at radius 3 is 2.10 bits per heavy atom. The highest BCUT2D eigenvalue weighted by molar-refractivity contribution is 5.94. The molecule has 0 radical (unpaired) electrons. The zero-order valence-corrected chi connectivity index (χ0v) is 18.6. The van der Waals surface area contributed by atoms with Crippen LogP contribution in [0.25, 0.3) is 10.8 Å². The lowest BCUT2D eigenvalue weighted by atomic mass is 9.92. The minimum absolute atomic E-state index is 0.172. The number of phenolic OH excluding ortho intramolecular Hbond substituents is 1. The Morgan fingerprint density at radius 1 is 0.742 bits per heavy atom. The van der Waals surface area contributed by atoms with Crippen LogP contribution >= 0.6 is 0 Å². The van der Waals surface area contributed by atoms with E-state index in [9.17, 15) is 5.11 Å². The first-order chi connectivity index (χ1) is 15.1. The summed E-state index contributed by atoms with van der Waals surface area (Å²) in [6.45, 7) is 3.70. The summed E-state index contributed by atoms with van der Waals surface area (Å²) < 4.78 is 16.8. The first-order valence-corrected chi connectivity index (χ1v) is 10.5. The van der Waals surface area contributed by atoms with Crippen molar-refractivity contribution in [1.29, 1.82) is 0 Å². The van der Waals surface area contributed by atoms with Crippen LogP contribution in [0.5, 0.6) is 23.0 Å². The van der Waals surface area contributed by atoms with E-state index in [2.05, 4.69) is 22.9 Å². The molecule has 6 heteroatoms. The molecule has 31 heavy (non-hydrogen) atoms. The number of likely N-dealkylation sites (N-methyl/N-ethyl adjacent to an activating group) is 1. The molecule has 0 saturated carbocycles. The molecule has 1 fully saturated rings. The number of piperazine rings is 1. The molecule has 0 aliphatic carbocycles. The average Bonchev–Trinajstić information content (AvgIpc) is 2.81. The Kier molecular flexibility index (Phi) is 6.20. The maximum absolute atomic E-state index is 11.4. The third kappa shape index (κ3) is 3.89. The van der Waals surface area contributed by atoms with E-state index in [1.807, 2.05) is 42.5 Å². The van der Waals surface area contributed by atoms with Crippen molar-refractivity contribution >= 4 is 10.8 Å². The summed E-state index contributed by atoms with van der Waals surface area (Å²) >= 11 is 0. The summed E-state index contributed by atoms with van der Waals surface area (Å²) in [4.78, 5) is 4.72. The maximum atomic E-state index is 11.4. The second-order valence-corrected chi connectivity index (χ2v) is 7.88. The molecule has 3 aromatic rings. The van der Waals surface area contributed by atoms with Gasteiger partial charge in [0.1, 0.15) is 11.5 Å². The Bertz CT molecular complexity index is 1060. The van der Waals surface area contributed by atoms with Gasteiger partial charge < -0.3 is 24.2 Å². The monoisotopic (exact) mass is 422 g/mol. The average molecular weight is 423 g/mol. The van der Waals surface area contributed by atoms with Gasteiger partial charge in [0.2, 0.25) is 0 Å². The summed E-state index contributed by atoms with van der Waals surface area (Å²) in [7, 11) is 7.09. The van der Waals surface area contributed by atoms with Crippen molar-refractivity contribution in [2.45, 2.75) is 6.04 Å². The van der Waals surface area contributed by atoms with E-state index in [0.717, 1.165) is 53.8 Å². The highest BCUT2D eigenvalue weighted by atomic mass is 16.5. The molecule has 0 aromatic heterocycles. The van der Waals surface area contributed by atoms with E-state index in [1.165, 1.54) is 0 Å². The van der Waals surface area contributed by atoms with Crippen LogP contribution in [0.2, 0.25) is 0 Å². The molecule has 0 amide bonds. The predicted molar refractivity (Wildman–Crippen MR) is 123 cm³/mol. The molecule has 0 unspecified atom stereocenters. The summed E-state index contributed by atoms with van der Waals surface area (Å²) in [5, 5.41) is 13.1. The molecule has 1 N–H and O–H groups in total. The van der Waals surface area contributed by atoms with Crippen molar-refractivity contribution in [3.63, 3.8) is 0 Å². The standard InChI is InChI=1S/C25H30N2O4/c1-26-13-15-27(16-14-26)23(20-8-6-10-22(30-3)25(20)31-4)19-12-11-17-18(24(19)28)7-5-9-21(17)29-2/h5-12,23,28H,13-16H2,1-4H3/t23-/m1/s1. The number of phenols is 1. The lowest BCUT2D eigenvalue weighted by Crippen LogP contribution is -2.46. The Hall–Kier alpha value is -2.96. The number of nitrogens with zero attached hydrogens (tertiary/aromatic N) is 2. The van der Waals surface area contributed by atoms with Crippen molar-refractivity contribution in [2.75, 3.05) is 54.6 Å². The lowest BCUT2D eigenvalue weighted by Gasteiger charge is -2.39. The van der Waals surface area contributed by atoms with E-state index in [-0.39, 0.29) is 11.8 Å². The number of fused-ring (bicyclic) bond motifs is 1. The number of methoxy groups -OCH3 is 3. The third-order valence-electron chi connectivity index (χ3n) is 6.17. The fraction of sp³-hybridized carbons (Fsp3) is 0.360. The van der Waals surface area contributed by atoms with Gasteiger partial charge in [0, 0.05) is 48.1 Å². The molecule has 1 aliphatic rings. The van der Waals surface area contributed by atoms with Crippen LogP contribution in [-0.2, 0) is 0 Å². The quantitative estimate of drug-likeness (QED) is 0.650. The molecular weight excluding hydrogens is 392 g/mol. The molecule has 6 nitrogen and oxygen atoms in total. The van der Waals surface area contributed by atoms with Gasteiger partial charge in [-0.2, -0.15) is 0 Å². The summed E-state index contributed by atoms with van der Waals surface area (Å²) in [5.41, 5.74) is 1.82. The molecule has 0 spiro atoms. The fourth-order valence-electron chi connectivity index (χ4n) is 4.50. The molecule has 164 valence electrons. The summed E-state index contributed by atoms with van der Waals surface area (Å²) in [6, 6.07) is 15.5. The van der Waals surface area contributed by atoms with Gasteiger partial charge in [-0.25, -0.2) is 0 Å². The molecule has 1 aliphatic heterocycles. The van der Waals surface area contributed by atoms with Gasteiger partial charge in [-0.3, -0.25) is 4.90 Å². The molecule has 0 bridgehead atoms. The molecular formula is C25H30N2O4. The van der Waals surface area contributed by atoms with Crippen LogP contribution in [0, 0.1) is 0 Å². The van der Waals surface area contributed by atoms with Crippen LogP contribution in [0.1, 0.15) is 17.2 Å². The van der Waals surface area contributed by atoms with Gasteiger partial charge in [-0.1, -0.05) is 36.4 Å². The Labute approximate surface area is 183 Å². The molecule has 3 aromatic carbocycles. The minimum atomic E-state index is -0.172. The van der Waals surface area contributed by atoms with E-state index >= 15 is 0 Å². The first kappa shape index (κ1) is 21.3. The van der Waals surface area contributed by atoms with Crippen LogP contribution in [0.3, 0.4) is 0 Å². The second-order valence-electron chi connectivity index (χ2n) is 7.88. The minimum Gasteiger partial charge on any atom is -0.507 e. The van der Waals surface area contributed by atoms with Crippen LogP contribution in [-0.4, -0.2) is 69.5 Å². The normalized spacial score (nSPS) is 16.3. The summed E-state index contributed by atoms with van der Waals surface area (Å²) in [6.07, 6.45) is 0. The van der Waals surface area contributed by atoms with Gasteiger partial charge in [0.05, 0.1) is 27.4 Å².